The molecule has 0 bridgehead atoms. The first-order valence-corrected chi connectivity index (χ1v) is 5.85. The molecule has 0 saturated carbocycles. The number of nitrogens with zero attached hydrogens (tertiary/aromatic N) is 1. The molecule has 0 aromatic heterocycles. The fraction of sp³-hybridized carbons (Fsp3) is 0.385. The van der Waals surface area contributed by atoms with E-state index in [1.54, 1.807) is 7.11 Å². The van der Waals surface area contributed by atoms with Gasteiger partial charge >= 0.3 is 0 Å². The van der Waals surface area contributed by atoms with Crippen molar-refractivity contribution in [3.05, 3.63) is 29.8 Å². The third-order valence-electron chi connectivity index (χ3n) is 3.07. The fourth-order valence-electron chi connectivity index (χ4n) is 2.09. The standard InChI is InChI=1S/C13H16N2O3/c1-18-11-5-3-2-4-9(11)10(14)8-15-12(16)6-7-13(15)17/h2-5,10H,6-8,14H2,1H3. The highest BCUT2D eigenvalue weighted by Gasteiger charge is 2.30. The van der Waals surface area contributed by atoms with Gasteiger partial charge in [-0.25, -0.2) is 0 Å². The van der Waals surface area contributed by atoms with Gasteiger partial charge in [0, 0.05) is 24.9 Å². The van der Waals surface area contributed by atoms with Gasteiger partial charge in [0.1, 0.15) is 5.75 Å². The summed E-state index contributed by atoms with van der Waals surface area (Å²) < 4.78 is 5.22. The summed E-state index contributed by atoms with van der Waals surface area (Å²) in [6, 6.07) is 6.93. The van der Waals surface area contributed by atoms with Crippen molar-refractivity contribution < 1.29 is 14.3 Å². The molecule has 2 rings (SSSR count). The second-order valence-electron chi connectivity index (χ2n) is 4.25. The normalized spacial score (nSPS) is 17.1. The molecule has 2 amide bonds. The van der Waals surface area contributed by atoms with Crippen molar-refractivity contribution in [2.45, 2.75) is 18.9 Å². The molecule has 0 radical (unpaired) electrons. The Bertz CT molecular complexity index is 457. The quantitative estimate of drug-likeness (QED) is 0.801. The number of ether oxygens (including phenoxy) is 1. The van der Waals surface area contributed by atoms with Crippen LogP contribution in [0, 0.1) is 0 Å². The largest absolute Gasteiger partial charge is 0.496 e. The van der Waals surface area contributed by atoms with Crippen LogP contribution in [0.15, 0.2) is 24.3 Å². The van der Waals surface area contributed by atoms with Crippen molar-refractivity contribution in [3.8, 4) is 5.75 Å². The number of benzene rings is 1. The Kier molecular flexibility index (Phi) is 3.62. The molecule has 1 heterocycles. The van der Waals surface area contributed by atoms with Crippen LogP contribution in [0.2, 0.25) is 0 Å². The van der Waals surface area contributed by atoms with Crippen molar-refractivity contribution in [2.75, 3.05) is 13.7 Å². The summed E-state index contributed by atoms with van der Waals surface area (Å²) in [4.78, 5) is 24.3. The van der Waals surface area contributed by atoms with Gasteiger partial charge in [-0.3, -0.25) is 14.5 Å². The zero-order chi connectivity index (χ0) is 13.1. The zero-order valence-corrected chi connectivity index (χ0v) is 10.3. The number of hydrogen-bond acceptors (Lipinski definition) is 4. The van der Waals surface area contributed by atoms with E-state index in [4.69, 9.17) is 10.5 Å². The molecule has 1 aliphatic rings. The number of methoxy groups -OCH3 is 1. The van der Waals surface area contributed by atoms with E-state index in [0.717, 1.165) is 5.56 Å². The van der Waals surface area contributed by atoms with Gasteiger partial charge in [0.05, 0.1) is 13.2 Å². The van der Waals surface area contributed by atoms with Crippen molar-refractivity contribution in [1.82, 2.24) is 4.90 Å². The number of carbonyl (C=O) groups is 2. The average Bonchev–Trinajstić information content (AvgIpc) is 2.70. The summed E-state index contributed by atoms with van der Waals surface area (Å²) in [6.07, 6.45) is 0.578. The minimum atomic E-state index is -0.424. The molecule has 96 valence electrons. The molecular weight excluding hydrogens is 232 g/mol. The Morgan fingerprint density at radius 2 is 1.89 bits per heavy atom. The Hall–Kier alpha value is -1.88. The van der Waals surface area contributed by atoms with E-state index in [9.17, 15) is 9.59 Å². The van der Waals surface area contributed by atoms with E-state index >= 15 is 0 Å². The summed E-state index contributed by atoms with van der Waals surface area (Å²) in [6.45, 7) is 0.206. The molecule has 18 heavy (non-hydrogen) atoms. The van der Waals surface area contributed by atoms with E-state index in [1.165, 1.54) is 4.90 Å². The topological polar surface area (TPSA) is 72.6 Å². The average molecular weight is 248 g/mol. The van der Waals surface area contributed by atoms with Crippen LogP contribution in [-0.2, 0) is 9.59 Å². The second kappa shape index (κ2) is 5.18. The number of hydrogen-bond donors (Lipinski definition) is 1. The van der Waals surface area contributed by atoms with Crippen LogP contribution >= 0.6 is 0 Å². The van der Waals surface area contributed by atoms with Crippen LogP contribution in [0.4, 0.5) is 0 Å². The molecule has 5 nitrogen and oxygen atoms in total. The van der Waals surface area contributed by atoms with Gasteiger partial charge in [-0.15, -0.1) is 0 Å². The SMILES string of the molecule is COc1ccccc1C(N)CN1C(=O)CCC1=O. The lowest BCUT2D eigenvalue weighted by Crippen LogP contribution is -2.36. The first-order chi connectivity index (χ1) is 8.63. The predicted molar refractivity (Wildman–Crippen MR) is 65.9 cm³/mol. The predicted octanol–water partition coefficient (Wildman–Crippen LogP) is 0.844. The van der Waals surface area contributed by atoms with Crippen molar-refractivity contribution >= 4 is 11.8 Å². The molecule has 0 aliphatic carbocycles. The van der Waals surface area contributed by atoms with Crippen LogP contribution in [0.5, 0.6) is 5.75 Å². The summed E-state index contributed by atoms with van der Waals surface area (Å²) in [5.41, 5.74) is 6.85. The number of imide groups is 1. The lowest BCUT2D eigenvalue weighted by molar-refractivity contribution is -0.138. The monoisotopic (exact) mass is 248 g/mol. The highest BCUT2D eigenvalue weighted by atomic mass is 16.5. The highest BCUT2D eigenvalue weighted by molar-refractivity contribution is 6.01. The first kappa shape index (κ1) is 12.6. The molecule has 1 aromatic carbocycles. The Morgan fingerprint density at radius 3 is 2.50 bits per heavy atom. The molecule has 2 N–H and O–H groups in total. The number of amides is 2. The number of likely N-dealkylation sites (tertiary alicyclic amines) is 1. The van der Waals surface area contributed by atoms with Gasteiger partial charge in [0.15, 0.2) is 0 Å². The number of rotatable bonds is 4. The summed E-state index contributed by atoms with van der Waals surface area (Å²) in [5, 5.41) is 0. The van der Waals surface area contributed by atoms with Crippen molar-refractivity contribution in [2.24, 2.45) is 5.73 Å². The van der Waals surface area contributed by atoms with E-state index in [2.05, 4.69) is 0 Å². The third kappa shape index (κ3) is 2.36. The molecule has 1 aromatic rings. The third-order valence-corrected chi connectivity index (χ3v) is 3.07. The van der Waals surface area contributed by atoms with E-state index < -0.39 is 6.04 Å². The number of nitrogens with two attached hydrogens (primary N) is 1. The zero-order valence-electron chi connectivity index (χ0n) is 10.3. The molecular formula is C13H16N2O3. The lowest BCUT2D eigenvalue weighted by Gasteiger charge is -2.21. The maximum Gasteiger partial charge on any atom is 0.229 e. The fourth-order valence-corrected chi connectivity index (χ4v) is 2.09. The summed E-state index contributed by atoms with van der Waals surface area (Å²) in [7, 11) is 1.57. The van der Waals surface area contributed by atoms with Crippen LogP contribution in [-0.4, -0.2) is 30.4 Å². The minimum Gasteiger partial charge on any atom is -0.496 e. The Morgan fingerprint density at radius 1 is 1.28 bits per heavy atom. The van der Waals surface area contributed by atoms with E-state index in [-0.39, 0.29) is 31.2 Å². The Labute approximate surface area is 106 Å². The second-order valence-corrected chi connectivity index (χ2v) is 4.25. The molecule has 1 unspecified atom stereocenters. The smallest absolute Gasteiger partial charge is 0.229 e. The molecule has 1 fully saturated rings. The maximum absolute atomic E-state index is 11.5. The Balaban J connectivity index is 2.14. The molecule has 1 aliphatic heterocycles. The highest BCUT2D eigenvalue weighted by Crippen LogP contribution is 2.25. The summed E-state index contributed by atoms with van der Waals surface area (Å²) in [5.74, 6) is 0.375. The maximum atomic E-state index is 11.5. The molecule has 0 spiro atoms. The van der Waals surface area contributed by atoms with Gasteiger partial charge in [-0.05, 0) is 6.07 Å². The van der Waals surface area contributed by atoms with E-state index in [0.29, 0.717) is 5.75 Å². The first-order valence-electron chi connectivity index (χ1n) is 5.85. The van der Waals surface area contributed by atoms with Crippen LogP contribution in [0.25, 0.3) is 0 Å². The van der Waals surface area contributed by atoms with Crippen LogP contribution in [0.1, 0.15) is 24.4 Å². The number of para-hydroxylation sites is 1. The lowest BCUT2D eigenvalue weighted by atomic mass is 10.1. The molecule has 1 atom stereocenters. The van der Waals surface area contributed by atoms with Gasteiger partial charge < -0.3 is 10.5 Å². The van der Waals surface area contributed by atoms with Crippen molar-refractivity contribution in [3.63, 3.8) is 0 Å². The van der Waals surface area contributed by atoms with Gasteiger partial charge in [-0.2, -0.15) is 0 Å². The van der Waals surface area contributed by atoms with Gasteiger partial charge in [0.2, 0.25) is 11.8 Å². The molecule has 1 saturated heterocycles. The van der Waals surface area contributed by atoms with Crippen molar-refractivity contribution in [1.29, 1.82) is 0 Å². The van der Waals surface area contributed by atoms with Gasteiger partial charge in [-0.1, -0.05) is 18.2 Å². The summed E-state index contributed by atoms with van der Waals surface area (Å²) >= 11 is 0. The van der Waals surface area contributed by atoms with E-state index in [1.807, 2.05) is 24.3 Å². The van der Waals surface area contributed by atoms with Crippen LogP contribution < -0.4 is 10.5 Å². The molecule has 5 heteroatoms. The van der Waals surface area contributed by atoms with Gasteiger partial charge in [0.25, 0.3) is 0 Å². The number of carbonyl (C=O) groups excluding carboxylic acids is 2. The van der Waals surface area contributed by atoms with Crippen LogP contribution in [0.3, 0.4) is 0 Å². The minimum absolute atomic E-state index is 0.148.